The zero-order valence-corrected chi connectivity index (χ0v) is 15.9. The number of hydrogen-bond acceptors (Lipinski definition) is 4. The largest absolute Gasteiger partial charge is 0.497 e. The van der Waals surface area contributed by atoms with Crippen LogP contribution in [0.3, 0.4) is 0 Å². The lowest BCUT2D eigenvalue weighted by Crippen LogP contribution is -2.45. The first-order chi connectivity index (χ1) is 12.8. The number of fused-ring (bicyclic) bond motifs is 1. The van der Waals surface area contributed by atoms with Crippen molar-refractivity contribution in [1.29, 1.82) is 0 Å². The van der Waals surface area contributed by atoms with E-state index in [9.17, 15) is 18.3 Å². The molecule has 3 rings (SSSR count). The number of hydrogen-bond donors (Lipinski definition) is 1. The SMILES string of the molecule is COc1ccc(S(=O)(=O)C(C)(Cc2ccc3ccccc3c2)C(=O)O)cc1. The summed E-state index contributed by atoms with van der Waals surface area (Å²) in [7, 11) is -2.65. The van der Waals surface area contributed by atoms with Gasteiger partial charge in [-0.25, -0.2) is 8.42 Å². The van der Waals surface area contributed by atoms with Crippen molar-refractivity contribution in [2.45, 2.75) is 23.0 Å². The number of ether oxygens (including phenoxy) is 1. The molecular weight excluding hydrogens is 364 g/mol. The van der Waals surface area contributed by atoms with Crippen molar-refractivity contribution in [2.24, 2.45) is 0 Å². The predicted molar refractivity (Wildman–Crippen MR) is 104 cm³/mol. The van der Waals surface area contributed by atoms with Gasteiger partial charge < -0.3 is 9.84 Å². The van der Waals surface area contributed by atoms with Crippen LogP contribution in [-0.2, 0) is 21.1 Å². The van der Waals surface area contributed by atoms with Crippen LogP contribution in [0, 0.1) is 0 Å². The molecule has 0 aliphatic rings. The van der Waals surface area contributed by atoms with Crippen LogP contribution in [0.4, 0.5) is 0 Å². The summed E-state index contributed by atoms with van der Waals surface area (Å²) in [5.41, 5.74) is 0.649. The summed E-state index contributed by atoms with van der Waals surface area (Å²) in [6, 6.07) is 18.9. The Morgan fingerprint density at radius 3 is 2.22 bits per heavy atom. The number of carbonyl (C=O) groups is 1. The van der Waals surface area contributed by atoms with Gasteiger partial charge in [0, 0.05) is 6.42 Å². The fourth-order valence-electron chi connectivity index (χ4n) is 3.04. The Hall–Kier alpha value is -2.86. The van der Waals surface area contributed by atoms with Gasteiger partial charge in [0.05, 0.1) is 12.0 Å². The number of sulfone groups is 1. The zero-order valence-electron chi connectivity index (χ0n) is 15.0. The molecule has 0 fully saturated rings. The quantitative estimate of drug-likeness (QED) is 0.701. The van der Waals surface area contributed by atoms with Gasteiger partial charge in [0.15, 0.2) is 14.6 Å². The molecule has 0 saturated heterocycles. The molecule has 1 unspecified atom stereocenters. The normalized spacial score (nSPS) is 13.9. The summed E-state index contributed by atoms with van der Waals surface area (Å²) >= 11 is 0. The van der Waals surface area contributed by atoms with Gasteiger partial charge in [0.25, 0.3) is 0 Å². The molecular formula is C21H20O5S. The van der Waals surface area contributed by atoms with Crippen molar-refractivity contribution in [3.05, 3.63) is 72.3 Å². The third-order valence-electron chi connectivity index (χ3n) is 4.77. The fourth-order valence-corrected chi connectivity index (χ4v) is 4.64. The first-order valence-corrected chi connectivity index (χ1v) is 9.86. The third kappa shape index (κ3) is 3.40. The molecule has 3 aromatic rings. The minimum Gasteiger partial charge on any atom is -0.497 e. The summed E-state index contributed by atoms with van der Waals surface area (Å²) < 4.78 is 29.3. The standard InChI is InChI=1S/C21H20O5S/c1-21(20(22)23,27(24,25)19-11-9-18(26-2)10-12-19)14-15-7-8-16-5-3-4-6-17(16)13-15/h3-13H,14H2,1-2H3,(H,22,23). The van der Waals surface area contributed by atoms with Crippen LogP contribution in [0.2, 0.25) is 0 Å². The summed E-state index contributed by atoms with van der Waals surface area (Å²) in [5, 5.41) is 11.7. The average Bonchev–Trinajstić information content (AvgIpc) is 2.67. The second-order valence-corrected chi connectivity index (χ2v) is 8.95. The Bertz CT molecular complexity index is 1090. The molecule has 3 aromatic carbocycles. The first kappa shape index (κ1) is 18.9. The minimum absolute atomic E-state index is 0.0472. The lowest BCUT2D eigenvalue weighted by atomic mass is 9.98. The molecule has 1 N–H and O–H groups in total. The molecule has 6 heteroatoms. The van der Waals surface area contributed by atoms with Gasteiger partial charge in [0.2, 0.25) is 0 Å². The monoisotopic (exact) mass is 384 g/mol. The van der Waals surface area contributed by atoms with E-state index in [1.165, 1.54) is 38.3 Å². The van der Waals surface area contributed by atoms with Gasteiger partial charge in [-0.15, -0.1) is 0 Å². The molecule has 0 heterocycles. The van der Waals surface area contributed by atoms with Crippen LogP contribution in [0.25, 0.3) is 10.8 Å². The van der Waals surface area contributed by atoms with E-state index in [0.29, 0.717) is 11.3 Å². The van der Waals surface area contributed by atoms with Crippen LogP contribution in [0.1, 0.15) is 12.5 Å². The van der Waals surface area contributed by atoms with Crippen LogP contribution < -0.4 is 4.74 Å². The van der Waals surface area contributed by atoms with Gasteiger partial charge in [-0.1, -0.05) is 42.5 Å². The molecule has 140 valence electrons. The Morgan fingerprint density at radius 2 is 1.63 bits per heavy atom. The Balaban J connectivity index is 2.04. The van der Waals surface area contributed by atoms with Gasteiger partial charge in [-0.05, 0) is 47.5 Å². The summed E-state index contributed by atoms with van der Waals surface area (Å²) in [6.45, 7) is 1.25. The zero-order chi connectivity index (χ0) is 19.7. The van der Waals surface area contributed by atoms with Crippen molar-refractivity contribution < 1.29 is 23.1 Å². The van der Waals surface area contributed by atoms with Crippen LogP contribution in [-0.4, -0.2) is 31.4 Å². The Morgan fingerprint density at radius 1 is 1.00 bits per heavy atom. The first-order valence-electron chi connectivity index (χ1n) is 8.38. The van der Waals surface area contributed by atoms with Gasteiger partial charge in [-0.3, -0.25) is 4.79 Å². The van der Waals surface area contributed by atoms with Crippen molar-refractivity contribution in [3.8, 4) is 5.75 Å². The molecule has 0 radical (unpaired) electrons. The van der Waals surface area contributed by atoms with E-state index in [-0.39, 0.29) is 11.3 Å². The number of rotatable bonds is 6. The van der Waals surface area contributed by atoms with E-state index in [1.807, 2.05) is 36.4 Å². The number of carboxylic acids is 1. The molecule has 0 amide bonds. The van der Waals surface area contributed by atoms with E-state index in [1.54, 1.807) is 6.07 Å². The van der Waals surface area contributed by atoms with E-state index in [0.717, 1.165) is 10.8 Å². The van der Waals surface area contributed by atoms with Gasteiger partial charge in [-0.2, -0.15) is 0 Å². The predicted octanol–water partition coefficient (Wildman–Crippen LogP) is 3.71. The van der Waals surface area contributed by atoms with E-state index < -0.39 is 20.6 Å². The van der Waals surface area contributed by atoms with Crippen molar-refractivity contribution in [1.82, 2.24) is 0 Å². The number of methoxy groups -OCH3 is 1. The number of aliphatic carboxylic acids is 1. The van der Waals surface area contributed by atoms with E-state index in [4.69, 9.17) is 4.74 Å². The number of carboxylic acid groups (broad SMARTS) is 1. The molecule has 0 aliphatic heterocycles. The average molecular weight is 384 g/mol. The van der Waals surface area contributed by atoms with Crippen LogP contribution in [0.5, 0.6) is 5.75 Å². The topological polar surface area (TPSA) is 80.7 Å². The van der Waals surface area contributed by atoms with Crippen molar-refractivity contribution in [2.75, 3.05) is 7.11 Å². The minimum atomic E-state index is -4.13. The van der Waals surface area contributed by atoms with Gasteiger partial charge >= 0.3 is 5.97 Å². The Kier molecular flexibility index (Phi) is 4.93. The van der Waals surface area contributed by atoms with E-state index >= 15 is 0 Å². The maximum Gasteiger partial charge on any atom is 0.325 e. The highest BCUT2D eigenvalue weighted by molar-refractivity contribution is 7.93. The fraction of sp³-hybridized carbons (Fsp3) is 0.190. The summed E-state index contributed by atoms with van der Waals surface area (Å²) in [5.74, 6) is -0.882. The maximum atomic E-state index is 13.1. The molecule has 0 spiro atoms. The smallest absolute Gasteiger partial charge is 0.325 e. The van der Waals surface area contributed by atoms with Crippen LogP contribution >= 0.6 is 0 Å². The second kappa shape index (κ2) is 7.04. The Labute approximate surface area is 158 Å². The molecule has 0 saturated carbocycles. The third-order valence-corrected chi connectivity index (χ3v) is 7.17. The highest BCUT2D eigenvalue weighted by atomic mass is 32.2. The summed E-state index contributed by atoms with van der Waals surface area (Å²) in [4.78, 5) is 12.0. The van der Waals surface area contributed by atoms with Crippen LogP contribution in [0.15, 0.2) is 71.6 Å². The van der Waals surface area contributed by atoms with E-state index in [2.05, 4.69) is 0 Å². The lowest BCUT2D eigenvalue weighted by Gasteiger charge is -2.25. The lowest BCUT2D eigenvalue weighted by molar-refractivity contribution is -0.139. The molecule has 0 bridgehead atoms. The second-order valence-electron chi connectivity index (χ2n) is 6.57. The molecule has 0 aromatic heterocycles. The molecule has 5 nitrogen and oxygen atoms in total. The van der Waals surface area contributed by atoms with Crippen molar-refractivity contribution >= 4 is 26.6 Å². The summed E-state index contributed by atoms with van der Waals surface area (Å²) in [6.07, 6.45) is -0.137. The molecule has 0 aliphatic carbocycles. The molecule has 27 heavy (non-hydrogen) atoms. The van der Waals surface area contributed by atoms with Gasteiger partial charge in [0.1, 0.15) is 5.75 Å². The highest BCUT2D eigenvalue weighted by Gasteiger charge is 2.47. The molecule has 1 atom stereocenters. The highest BCUT2D eigenvalue weighted by Crippen LogP contribution is 2.31. The van der Waals surface area contributed by atoms with Crippen molar-refractivity contribution in [3.63, 3.8) is 0 Å². The maximum absolute atomic E-state index is 13.1. The number of benzene rings is 3.